The van der Waals surface area contributed by atoms with Crippen molar-refractivity contribution in [3.8, 4) is 22.7 Å². The molecule has 1 saturated heterocycles. The van der Waals surface area contributed by atoms with Crippen LogP contribution in [0.5, 0.6) is 5.75 Å². The number of nitrogens with zero attached hydrogens (tertiary/aromatic N) is 3. The number of benzene rings is 3. The van der Waals surface area contributed by atoms with Gasteiger partial charge in [0.2, 0.25) is 10.0 Å². The van der Waals surface area contributed by atoms with E-state index in [0.717, 1.165) is 11.3 Å². The third kappa shape index (κ3) is 4.63. The molecule has 1 fully saturated rings. The highest BCUT2D eigenvalue weighted by atomic mass is 32.2. The predicted molar refractivity (Wildman–Crippen MR) is 136 cm³/mol. The Morgan fingerprint density at radius 3 is 2.29 bits per heavy atom. The summed E-state index contributed by atoms with van der Waals surface area (Å²) in [6, 6.07) is 23.7. The minimum absolute atomic E-state index is 0.158. The summed E-state index contributed by atoms with van der Waals surface area (Å²) in [5, 5.41) is 7.60. The van der Waals surface area contributed by atoms with E-state index in [4.69, 9.17) is 9.84 Å². The summed E-state index contributed by atoms with van der Waals surface area (Å²) in [6.07, 6.45) is 2.32. The van der Waals surface area contributed by atoms with E-state index in [9.17, 15) is 13.2 Å². The largest absolute Gasteiger partial charge is 0.497 e. The Hall–Kier alpha value is -4.11. The molecule has 5 rings (SSSR count). The molecule has 2 heterocycles. The molecular weight excluding hydrogens is 464 g/mol. The molecule has 178 valence electrons. The van der Waals surface area contributed by atoms with E-state index in [2.05, 4.69) is 5.32 Å². The number of nitrogens with one attached hydrogen (secondary N) is 1. The lowest BCUT2D eigenvalue weighted by Gasteiger charge is -2.17. The van der Waals surface area contributed by atoms with Crippen molar-refractivity contribution in [2.24, 2.45) is 0 Å². The Bertz CT molecular complexity index is 1450. The molecule has 0 radical (unpaired) electrons. The number of hydrogen-bond donors (Lipinski definition) is 1. The van der Waals surface area contributed by atoms with Gasteiger partial charge in [-0.2, -0.15) is 5.10 Å². The Labute approximate surface area is 203 Å². The molecular formula is C26H24N4O4S. The van der Waals surface area contributed by atoms with Gasteiger partial charge in [-0.3, -0.25) is 9.10 Å². The predicted octanol–water partition coefficient (Wildman–Crippen LogP) is 4.34. The molecule has 0 aliphatic carbocycles. The van der Waals surface area contributed by atoms with Gasteiger partial charge in [-0.15, -0.1) is 0 Å². The highest BCUT2D eigenvalue weighted by Crippen LogP contribution is 2.28. The van der Waals surface area contributed by atoms with Crippen molar-refractivity contribution in [2.75, 3.05) is 29.0 Å². The van der Waals surface area contributed by atoms with Gasteiger partial charge >= 0.3 is 0 Å². The summed E-state index contributed by atoms with van der Waals surface area (Å²) in [5.41, 5.74) is 3.71. The van der Waals surface area contributed by atoms with E-state index in [1.807, 2.05) is 54.6 Å². The molecule has 0 saturated carbocycles. The van der Waals surface area contributed by atoms with Crippen LogP contribution in [-0.4, -0.2) is 43.5 Å². The van der Waals surface area contributed by atoms with Gasteiger partial charge < -0.3 is 10.1 Å². The number of carbonyl (C=O) groups is 1. The van der Waals surface area contributed by atoms with Crippen molar-refractivity contribution in [2.45, 2.75) is 6.42 Å². The Balaban J connectivity index is 1.45. The lowest BCUT2D eigenvalue weighted by molar-refractivity contribution is 0.102. The molecule has 4 aromatic rings. The van der Waals surface area contributed by atoms with Crippen molar-refractivity contribution in [3.63, 3.8) is 0 Å². The van der Waals surface area contributed by atoms with Crippen molar-refractivity contribution in [1.82, 2.24) is 9.78 Å². The fourth-order valence-corrected chi connectivity index (χ4v) is 5.62. The van der Waals surface area contributed by atoms with Gasteiger partial charge in [0.1, 0.15) is 11.4 Å². The SMILES string of the molecule is COc1ccc(-c2nn(-c3ccccc3)cc2C(=O)Nc2ccc(N3CCCS3(=O)=O)cc2)cc1. The number of ether oxygens (including phenoxy) is 1. The minimum Gasteiger partial charge on any atom is -0.497 e. The Kier molecular flexibility index (Phi) is 6.00. The van der Waals surface area contributed by atoms with Crippen LogP contribution < -0.4 is 14.4 Å². The molecule has 0 atom stereocenters. The molecule has 1 aliphatic heterocycles. The molecule has 8 nitrogen and oxygen atoms in total. The van der Waals surface area contributed by atoms with Crippen LogP contribution in [0.1, 0.15) is 16.8 Å². The van der Waals surface area contributed by atoms with E-state index in [-0.39, 0.29) is 11.7 Å². The topological polar surface area (TPSA) is 93.5 Å². The number of aromatic nitrogens is 2. The Morgan fingerprint density at radius 1 is 0.943 bits per heavy atom. The zero-order chi connectivity index (χ0) is 24.4. The van der Waals surface area contributed by atoms with Crippen molar-refractivity contribution >= 4 is 27.3 Å². The summed E-state index contributed by atoms with van der Waals surface area (Å²) < 4.78 is 32.7. The van der Waals surface area contributed by atoms with Gasteiger partial charge in [-0.25, -0.2) is 13.1 Å². The first kappa shape index (κ1) is 22.7. The van der Waals surface area contributed by atoms with E-state index >= 15 is 0 Å². The molecule has 0 unspecified atom stereocenters. The third-order valence-electron chi connectivity index (χ3n) is 5.86. The normalized spacial score (nSPS) is 14.6. The number of amides is 1. The van der Waals surface area contributed by atoms with Crippen LogP contribution in [-0.2, 0) is 10.0 Å². The van der Waals surface area contributed by atoms with E-state index in [0.29, 0.717) is 41.3 Å². The lowest BCUT2D eigenvalue weighted by Crippen LogP contribution is -2.25. The van der Waals surface area contributed by atoms with Crippen LogP contribution >= 0.6 is 0 Å². The van der Waals surface area contributed by atoms with Gasteiger partial charge in [0.05, 0.1) is 29.8 Å². The van der Waals surface area contributed by atoms with E-state index in [1.54, 1.807) is 42.3 Å². The molecule has 35 heavy (non-hydrogen) atoms. The summed E-state index contributed by atoms with van der Waals surface area (Å²) in [7, 11) is -1.66. The Morgan fingerprint density at radius 2 is 1.66 bits per heavy atom. The number of sulfonamides is 1. The zero-order valence-corrected chi connectivity index (χ0v) is 19.9. The first-order valence-corrected chi connectivity index (χ1v) is 12.8. The minimum atomic E-state index is -3.26. The monoisotopic (exact) mass is 488 g/mol. The zero-order valence-electron chi connectivity index (χ0n) is 19.1. The quantitative estimate of drug-likeness (QED) is 0.436. The molecule has 1 amide bonds. The second kappa shape index (κ2) is 9.27. The summed E-state index contributed by atoms with van der Waals surface area (Å²) >= 11 is 0. The van der Waals surface area contributed by atoms with E-state index in [1.165, 1.54) is 4.31 Å². The van der Waals surface area contributed by atoms with Crippen LogP contribution in [0, 0.1) is 0 Å². The van der Waals surface area contributed by atoms with E-state index < -0.39 is 10.0 Å². The maximum Gasteiger partial charge on any atom is 0.259 e. The third-order valence-corrected chi connectivity index (χ3v) is 7.73. The number of hydrogen-bond acceptors (Lipinski definition) is 5. The number of anilines is 2. The number of rotatable bonds is 6. The van der Waals surface area contributed by atoms with Crippen molar-refractivity contribution in [3.05, 3.63) is 90.6 Å². The van der Waals surface area contributed by atoms with Crippen LogP contribution in [0.15, 0.2) is 85.1 Å². The van der Waals surface area contributed by atoms with Crippen LogP contribution in [0.4, 0.5) is 11.4 Å². The fraction of sp³-hybridized carbons (Fsp3) is 0.154. The standard InChI is InChI=1S/C26H24N4O4S/c1-34-23-14-8-19(9-15-23)25-24(18-29(28-25)21-6-3-2-4-7-21)26(31)27-20-10-12-22(13-11-20)30-16-5-17-35(30,32)33/h2-4,6-15,18H,5,16-17H2,1H3,(H,27,31). The second-order valence-corrected chi connectivity index (χ2v) is 10.2. The molecule has 9 heteroatoms. The van der Waals surface area contributed by atoms with Crippen molar-refractivity contribution < 1.29 is 17.9 Å². The second-order valence-electron chi connectivity index (χ2n) is 8.14. The van der Waals surface area contributed by atoms with Gasteiger partial charge in [0, 0.05) is 24.0 Å². The smallest absolute Gasteiger partial charge is 0.259 e. The maximum atomic E-state index is 13.3. The van der Waals surface area contributed by atoms with Crippen LogP contribution in [0.25, 0.3) is 16.9 Å². The van der Waals surface area contributed by atoms with Gasteiger partial charge in [-0.1, -0.05) is 18.2 Å². The summed E-state index contributed by atoms with van der Waals surface area (Å²) in [5.74, 6) is 0.548. The lowest BCUT2D eigenvalue weighted by atomic mass is 10.1. The number of methoxy groups -OCH3 is 1. The highest BCUT2D eigenvalue weighted by Gasteiger charge is 2.28. The molecule has 1 N–H and O–H groups in total. The first-order chi connectivity index (χ1) is 16.9. The van der Waals surface area contributed by atoms with Crippen LogP contribution in [0.2, 0.25) is 0 Å². The van der Waals surface area contributed by atoms with Crippen molar-refractivity contribution in [1.29, 1.82) is 0 Å². The molecule has 1 aromatic heterocycles. The summed E-state index contributed by atoms with van der Waals surface area (Å²) in [6.45, 7) is 0.470. The van der Waals surface area contributed by atoms with Gasteiger partial charge in [0.15, 0.2) is 0 Å². The molecule has 1 aliphatic rings. The fourth-order valence-electron chi connectivity index (χ4n) is 4.05. The number of para-hydroxylation sites is 1. The van der Waals surface area contributed by atoms with Gasteiger partial charge in [0.25, 0.3) is 5.91 Å². The molecule has 3 aromatic carbocycles. The average molecular weight is 489 g/mol. The number of carbonyl (C=O) groups excluding carboxylic acids is 1. The first-order valence-electron chi connectivity index (χ1n) is 11.2. The molecule has 0 spiro atoms. The molecule has 0 bridgehead atoms. The van der Waals surface area contributed by atoms with Crippen LogP contribution in [0.3, 0.4) is 0 Å². The maximum absolute atomic E-state index is 13.3. The summed E-state index contributed by atoms with van der Waals surface area (Å²) in [4.78, 5) is 13.3. The van der Waals surface area contributed by atoms with Gasteiger partial charge in [-0.05, 0) is 67.1 Å². The average Bonchev–Trinajstić information content (AvgIpc) is 3.48. The highest BCUT2D eigenvalue weighted by molar-refractivity contribution is 7.93.